The van der Waals surface area contributed by atoms with Crippen LogP contribution < -0.4 is 10.9 Å². The van der Waals surface area contributed by atoms with Gasteiger partial charge in [0.2, 0.25) is 0 Å². The monoisotopic (exact) mass is 192 g/mol. The molecule has 74 valence electrons. The molecule has 1 saturated carbocycles. The van der Waals surface area contributed by atoms with Crippen molar-refractivity contribution in [2.24, 2.45) is 5.92 Å². The lowest BCUT2D eigenvalue weighted by Gasteiger charge is -2.04. The molecule has 5 heteroatoms. The fourth-order valence-corrected chi connectivity index (χ4v) is 1.09. The Morgan fingerprint density at radius 3 is 2.79 bits per heavy atom. The maximum Gasteiger partial charge on any atom is 0.268 e. The summed E-state index contributed by atoms with van der Waals surface area (Å²) >= 11 is 0. The van der Waals surface area contributed by atoms with Crippen LogP contribution in [0, 0.1) is 5.92 Å². The first-order valence-electron chi connectivity index (χ1n) is 4.64. The van der Waals surface area contributed by atoms with E-state index in [1.165, 1.54) is 31.6 Å². The van der Waals surface area contributed by atoms with Crippen molar-refractivity contribution in [1.29, 1.82) is 0 Å². The van der Waals surface area contributed by atoms with E-state index in [1.54, 1.807) is 0 Å². The van der Waals surface area contributed by atoms with E-state index < -0.39 is 0 Å². The molecule has 1 aliphatic rings. The van der Waals surface area contributed by atoms with Crippen LogP contribution in [0.1, 0.15) is 23.2 Å². The highest BCUT2D eigenvalue weighted by Crippen LogP contribution is 2.27. The molecule has 0 atom stereocenters. The summed E-state index contributed by atoms with van der Waals surface area (Å²) in [4.78, 5) is 18.9. The van der Waals surface area contributed by atoms with Gasteiger partial charge < -0.3 is 0 Å². The van der Waals surface area contributed by atoms with Crippen molar-refractivity contribution in [2.45, 2.75) is 12.8 Å². The molecule has 1 heterocycles. The maximum atomic E-state index is 11.4. The topological polar surface area (TPSA) is 66.9 Å². The van der Waals surface area contributed by atoms with Crippen LogP contribution in [-0.4, -0.2) is 22.4 Å². The van der Waals surface area contributed by atoms with Gasteiger partial charge in [-0.25, -0.2) is 15.4 Å². The Bertz CT molecular complexity index is 310. The summed E-state index contributed by atoms with van der Waals surface area (Å²) in [6.07, 6.45) is 6.89. The smallest absolute Gasteiger partial charge is 0.268 e. The molecule has 1 aromatic rings. The molecule has 1 amide bonds. The van der Waals surface area contributed by atoms with Crippen LogP contribution in [-0.2, 0) is 0 Å². The minimum Gasteiger partial charge on any atom is -0.287 e. The highest BCUT2D eigenvalue weighted by atomic mass is 16.2. The summed E-state index contributed by atoms with van der Waals surface area (Å²) in [7, 11) is 0. The molecule has 0 aromatic carbocycles. The van der Waals surface area contributed by atoms with Crippen molar-refractivity contribution in [3.8, 4) is 0 Å². The molecule has 2 rings (SSSR count). The van der Waals surface area contributed by atoms with E-state index >= 15 is 0 Å². The Kier molecular flexibility index (Phi) is 2.69. The van der Waals surface area contributed by atoms with Gasteiger partial charge in [0.1, 0.15) is 6.33 Å². The molecule has 0 saturated heterocycles. The number of aromatic nitrogens is 2. The normalized spacial score (nSPS) is 15.1. The fourth-order valence-electron chi connectivity index (χ4n) is 1.09. The first kappa shape index (κ1) is 9.08. The van der Waals surface area contributed by atoms with Crippen molar-refractivity contribution >= 4 is 5.91 Å². The summed E-state index contributed by atoms with van der Waals surface area (Å²) in [5.74, 6) is 0.550. The Hall–Kier alpha value is -1.49. The summed E-state index contributed by atoms with van der Waals surface area (Å²) < 4.78 is 0. The number of nitrogens with zero attached hydrogens (tertiary/aromatic N) is 2. The second-order valence-corrected chi connectivity index (χ2v) is 3.41. The summed E-state index contributed by atoms with van der Waals surface area (Å²) in [6, 6.07) is 0. The Morgan fingerprint density at radius 1 is 1.43 bits per heavy atom. The van der Waals surface area contributed by atoms with Gasteiger partial charge in [-0.2, -0.15) is 0 Å². The number of rotatable bonds is 4. The van der Waals surface area contributed by atoms with Crippen molar-refractivity contribution < 1.29 is 4.79 Å². The van der Waals surface area contributed by atoms with Crippen LogP contribution in [0.2, 0.25) is 0 Å². The van der Waals surface area contributed by atoms with Crippen LogP contribution in [0.5, 0.6) is 0 Å². The average Bonchev–Trinajstić information content (AvgIpc) is 3.03. The second kappa shape index (κ2) is 4.15. The van der Waals surface area contributed by atoms with Gasteiger partial charge in [0.05, 0.1) is 5.56 Å². The number of carbonyl (C=O) groups is 1. The van der Waals surface area contributed by atoms with Gasteiger partial charge in [0.25, 0.3) is 5.91 Å². The van der Waals surface area contributed by atoms with Gasteiger partial charge in [-0.3, -0.25) is 10.2 Å². The van der Waals surface area contributed by atoms with Gasteiger partial charge in [-0.1, -0.05) is 0 Å². The minimum absolute atomic E-state index is 0.189. The molecule has 1 fully saturated rings. The number of amides is 1. The number of hydrogen-bond acceptors (Lipinski definition) is 4. The number of carbonyl (C=O) groups excluding carboxylic acids is 1. The molecule has 0 spiro atoms. The Morgan fingerprint density at radius 2 is 2.14 bits per heavy atom. The van der Waals surface area contributed by atoms with E-state index in [-0.39, 0.29) is 5.91 Å². The third-order valence-electron chi connectivity index (χ3n) is 2.11. The first-order valence-corrected chi connectivity index (χ1v) is 4.64. The lowest BCUT2D eigenvalue weighted by Crippen LogP contribution is -2.38. The lowest BCUT2D eigenvalue weighted by molar-refractivity contribution is 0.0932. The zero-order valence-electron chi connectivity index (χ0n) is 7.73. The van der Waals surface area contributed by atoms with E-state index in [2.05, 4.69) is 20.8 Å². The number of nitrogens with one attached hydrogen (secondary N) is 2. The maximum absolute atomic E-state index is 11.4. The molecule has 0 bridgehead atoms. The molecule has 2 N–H and O–H groups in total. The quantitative estimate of drug-likeness (QED) is 0.665. The lowest BCUT2D eigenvalue weighted by atomic mass is 10.3. The largest absolute Gasteiger partial charge is 0.287 e. The third kappa shape index (κ3) is 2.50. The zero-order chi connectivity index (χ0) is 9.80. The van der Waals surface area contributed by atoms with Crippen LogP contribution >= 0.6 is 0 Å². The fraction of sp³-hybridized carbons (Fsp3) is 0.444. The molecule has 0 radical (unpaired) electrons. The molecular weight excluding hydrogens is 180 g/mol. The van der Waals surface area contributed by atoms with Crippen molar-refractivity contribution in [2.75, 3.05) is 6.54 Å². The highest BCUT2D eigenvalue weighted by Gasteiger charge is 2.20. The van der Waals surface area contributed by atoms with E-state index in [4.69, 9.17) is 0 Å². The summed E-state index contributed by atoms with van der Waals surface area (Å²) in [5.41, 5.74) is 5.96. The van der Waals surface area contributed by atoms with Crippen LogP contribution in [0.4, 0.5) is 0 Å². The third-order valence-corrected chi connectivity index (χ3v) is 2.11. The van der Waals surface area contributed by atoms with E-state index in [0.717, 1.165) is 12.5 Å². The molecule has 5 nitrogen and oxygen atoms in total. The van der Waals surface area contributed by atoms with Crippen molar-refractivity contribution in [1.82, 2.24) is 20.8 Å². The Balaban J connectivity index is 1.77. The zero-order valence-corrected chi connectivity index (χ0v) is 7.73. The molecule has 0 aliphatic heterocycles. The van der Waals surface area contributed by atoms with Crippen LogP contribution in [0.25, 0.3) is 0 Å². The first-order chi connectivity index (χ1) is 6.86. The van der Waals surface area contributed by atoms with Gasteiger partial charge in [-0.05, 0) is 18.8 Å². The predicted octanol–water partition coefficient (Wildman–Crippen LogP) is 0.121. The molecule has 0 unspecified atom stereocenters. The average molecular weight is 192 g/mol. The molecular formula is C9H12N4O. The number of hydrazine groups is 1. The summed E-state index contributed by atoms with van der Waals surface area (Å²) in [6.45, 7) is 0.847. The van der Waals surface area contributed by atoms with Gasteiger partial charge in [0, 0.05) is 18.9 Å². The standard InChI is InChI=1S/C9H12N4O/c14-9(8-4-10-6-11-5-8)13-12-3-7-1-2-7/h4-7,12H,1-3H2,(H,13,14). The van der Waals surface area contributed by atoms with E-state index in [9.17, 15) is 4.79 Å². The van der Waals surface area contributed by atoms with Crippen molar-refractivity contribution in [3.63, 3.8) is 0 Å². The van der Waals surface area contributed by atoms with Gasteiger partial charge in [0.15, 0.2) is 0 Å². The number of hydrogen-bond donors (Lipinski definition) is 2. The Labute approximate surface area is 81.9 Å². The van der Waals surface area contributed by atoms with Gasteiger partial charge >= 0.3 is 0 Å². The van der Waals surface area contributed by atoms with Crippen molar-refractivity contribution in [3.05, 3.63) is 24.3 Å². The highest BCUT2D eigenvalue weighted by molar-refractivity contribution is 5.93. The predicted molar refractivity (Wildman–Crippen MR) is 50.2 cm³/mol. The SMILES string of the molecule is O=C(NNCC1CC1)c1cncnc1. The van der Waals surface area contributed by atoms with Crippen LogP contribution in [0.3, 0.4) is 0 Å². The molecule has 1 aromatic heterocycles. The minimum atomic E-state index is -0.189. The second-order valence-electron chi connectivity index (χ2n) is 3.41. The van der Waals surface area contributed by atoms with Crippen LogP contribution in [0.15, 0.2) is 18.7 Å². The molecule has 1 aliphatic carbocycles. The molecule has 14 heavy (non-hydrogen) atoms. The van der Waals surface area contributed by atoms with E-state index in [0.29, 0.717) is 5.56 Å². The van der Waals surface area contributed by atoms with E-state index in [1.807, 2.05) is 0 Å². The summed E-state index contributed by atoms with van der Waals surface area (Å²) in [5, 5.41) is 0. The van der Waals surface area contributed by atoms with Gasteiger partial charge in [-0.15, -0.1) is 0 Å².